The zero-order chi connectivity index (χ0) is 20.4. The summed E-state index contributed by atoms with van der Waals surface area (Å²) in [4.78, 5) is 42.5. The van der Waals surface area contributed by atoms with Gasteiger partial charge < -0.3 is 25.2 Å². The van der Waals surface area contributed by atoms with Crippen LogP contribution >= 0.6 is 0 Å². The Bertz CT molecular complexity index is 796. The fourth-order valence-electron chi connectivity index (χ4n) is 1.76. The SMILES string of the molecule is O=C(O)c1ccc(C(=O)OCCO)cc1.O=C(O)c1cccc(C(=O)O)c1. The molecular weight excluding hydrogens is 360 g/mol. The molecule has 0 saturated carbocycles. The Balaban J connectivity index is 0.000000277. The summed E-state index contributed by atoms with van der Waals surface area (Å²) in [5.74, 6) is -3.89. The quantitative estimate of drug-likeness (QED) is 0.549. The minimum absolute atomic E-state index is 0.0186. The van der Waals surface area contributed by atoms with Gasteiger partial charge in [0.05, 0.1) is 28.9 Å². The predicted octanol–water partition coefficient (Wildman–Crippen LogP) is 1.62. The number of aliphatic hydroxyl groups excluding tert-OH is 1. The van der Waals surface area contributed by atoms with Crippen LogP contribution in [0.1, 0.15) is 41.4 Å². The number of carbonyl (C=O) groups is 4. The first-order valence-electron chi connectivity index (χ1n) is 7.44. The lowest BCUT2D eigenvalue weighted by Crippen LogP contribution is -2.09. The number of hydrogen-bond acceptors (Lipinski definition) is 6. The maximum absolute atomic E-state index is 11.2. The molecule has 0 bridgehead atoms. The van der Waals surface area contributed by atoms with Crippen LogP contribution < -0.4 is 0 Å². The molecule has 0 heterocycles. The van der Waals surface area contributed by atoms with E-state index >= 15 is 0 Å². The highest BCUT2D eigenvalue weighted by Crippen LogP contribution is 2.06. The van der Waals surface area contributed by atoms with Crippen LogP contribution in [0.15, 0.2) is 48.5 Å². The second-order valence-electron chi connectivity index (χ2n) is 4.93. The Morgan fingerprint density at radius 2 is 1.15 bits per heavy atom. The second-order valence-corrected chi connectivity index (χ2v) is 4.93. The van der Waals surface area contributed by atoms with Crippen molar-refractivity contribution in [1.29, 1.82) is 0 Å². The van der Waals surface area contributed by atoms with Crippen molar-refractivity contribution in [2.45, 2.75) is 0 Å². The number of carboxylic acid groups (broad SMARTS) is 3. The summed E-state index contributed by atoms with van der Waals surface area (Å²) in [5, 5.41) is 34.0. The summed E-state index contributed by atoms with van der Waals surface area (Å²) >= 11 is 0. The monoisotopic (exact) mass is 376 g/mol. The van der Waals surface area contributed by atoms with E-state index in [1.54, 1.807) is 0 Å². The van der Waals surface area contributed by atoms with Gasteiger partial charge in [0.1, 0.15) is 6.61 Å². The van der Waals surface area contributed by atoms with Crippen LogP contribution in [-0.4, -0.2) is 57.5 Å². The molecule has 9 heteroatoms. The van der Waals surface area contributed by atoms with Crippen LogP contribution in [-0.2, 0) is 4.74 Å². The van der Waals surface area contributed by atoms with E-state index < -0.39 is 23.9 Å². The average Bonchev–Trinajstić information content (AvgIpc) is 2.66. The number of aromatic carboxylic acids is 3. The van der Waals surface area contributed by atoms with E-state index in [4.69, 9.17) is 20.4 Å². The van der Waals surface area contributed by atoms with Crippen molar-refractivity contribution in [2.75, 3.05) is 13.2 Å². The Labute approximate surface area is 153 Å². The number of ether oxygens (including phenoxy) is 1. The van der Waals surface area contributed by atoms with Gasteiger partial charge in [-0.25, -0.2) is 19.2 Å². The molecule has 0 aliphatic heterocycles. The van der Waals surface area contributed by atoms with E-state index in [1.807, 2.05) is 0 Å². The van der Waals surface area contributed by atoms with Crippen molar-refractivity contribution in [1.82, 2.24) is 0 Å². The number of carbonyl (C=O) groups excluding carboxylic acids is 1. The minimum atomic E-state index is -1.13. The fourth-order valence-corrected chi connectivity index (χ4v) is 1.76. The summed E-state index contributed by atoms with van der Waals surface area (Å²) in [6.45, 7) is -0.307. The molecule has 0 spiro atoms. The summed E-state index contributed by atoms with van der Waals surface area (Å²) in [5.41, 5.74) is 0.326. The third-order valence-corrected chi connectivity index (χ3v) is 3.05. The van der Waals surface area contributed by atoms with Gasteiger partial charge in [-0.2, -0.15) is 0 Å². The van der Waals surface area contributed by atoms with Gasteiger partial charge in [-0.05, 0) is 42.5 Å². The van der Waals surface area contributed by atoms with Gasteiger partial charge >= 0.3 is 23.9 Å². The third-order valence-electron chi connectivity index (χ3n) is 3.05. The molecule has 9 nitrogen and oxygen atoms in total. The first-order valence-corrected chi connectivity index (χ1v) is 7.44. The third kappa shape index (κ3) is 6.96. The van der Waals surface area contributed by atoms with Crippen molar-refractivity contribution < 1.29 is 44.3 Å². The molecule has 0 aromatic heterocycles. The molecule has 0 saturated heterocycles. The second kappa shape index (κ2) is 10.3. The van der Waals surface area contributed by atoms with Crippen LogP contribution in [0.2, 0.25) is 0 Å². The highest BCUT2D eigenvalue weighted by Gasteiger charge is 2.08. The molecule has 2 aromatic rings. The van der Waals surface area contributed by atoms with Crippen molar-refractivity contribution in [2.24, 2.45) is 0 Å². The van der Waals surface area contributed by atoms with Gasteiger partial charge in [0.25, 0.3) is 0 Å². The van der Waals surface area contributed by atoms with Crippen molar-refractivity contribution in [3.63, 3.8) is 0 Å². The fraction of sp³-hybridized carbons (Fsp3) is 0.111. The van der Waals surface area contributed by atoms with Gasteiger partial charge in [-0.1, -0.05) is 6.07 Å². The normalized spacial score (nSPS) is 9.52. The van der Waals surface area contributed by atoms with E-state index in [0.29, 0.717) is 0 Å². The first-order chi connectivity index (χ1) is 12.8. The predicted molar refractivity (Wildman–Crippen MR) is 91.1 cm³/mol. The van der Waals surface area contributed by atoms with Crippen molar-refractivity contribution >= 4 is 23.9 Å². The molecule has 0 aliphatic carbocycles. The van der Waals surface area contributed by atoms with E-state index in [2.05, 4.69) is 4.74 Å². The topological polar surface area (TPSA) is 158 Å². The Kier molecular flexibility index (Phi) is 8.14. The van der Waals surface area contributed by atoms with Crippen LogP contribution in [0.5, 0.6) is 0 Å². The summed E-state index contributed by atoms with van der Waals surface area (Å²) in [7, 11) is 0. The van der Waals surface area contributed by atoms with Crippen LogP contribution in [0, 0.1) is 0 Å². The smallest absolute Gasteiger partial charge is 0.338 e. The van der Waals surface area contributed by atoms with Crippen LogP contribution in [0.25, 0.3) is 0 Å². The summed E-state index contributed by atoms with van der Waals surface area (Å²) in [6.07, 6.45) is 0. The van der Waals surface area contributed by atoms with Gasteiger partial charge in [-0.15, -0.1) is 0 Å². The molecule has 142 valence electrons. The summed E-state index contributed by atoms with van der Waals surface area (Å²) in [6, 6.07) is 10.6. The molecular formula is C18H16O9. The molecule has 0 fully saturated rings. The molecule has 0 unspecified atom stereocenters. The molecule has 0 amide bonds. The molecule has 2 aromatic carbocycles. The molecule has 2 rings (SSSR count). The van der Waals surface area contributed by atoms with Gasteiger partial charge in [-0.3, -0.25) is 0 Å². The highest BCUT2D eigenvalue weighted by atomic mass is 16.5. The minimum Gasteiger partial charge on any atom is -0.478 e. The molecule has 27 heavy (non-hydrogen) atoms. The highest BCUT2D eigenvalue weighted by molar-refractivity contribution is 5.93. The number of benzene rings is 2. The van der Waals surface area contributed by atoms with E-state index in [0.717, 1.165) is 6.07 Å². The zero-order valence-electron chi connectivity index (χ0n) is 13.9. The maximum Gasteiger partial charge on any atom is 0.338 e. The Morgan fingerprint density at radius 1 is 0.704 bits per heavy atom. The number of aliphatic hydroxyl groups is 1. The van der Waals surface area contributed by atoms with Crippen molar-refractivity contribution in [3.05, 3.63) is 70.8 Å². The zero-order valence-corrected chi connectivity index (χ0v) is 13.9. The number of carboxylic acids is 3. The standard InChI is InChI=1S/C10H10O5.C8H6O4/c11-5-6-15-10(14)8-3-1-7(2-4-8)9(12)13;9-7(10)5-2-1-3-6(4-5)8(11)12/h1-4,11H,5-6H2,(H,12,13);1-4H,(H,9,10)(H,11,12). The molecule has 0 atom stereocenters. The van der Waals surface area contributed by atoms with Gasteiger partial charge in [0.15, 0.2) is 0 Å². The lowest BCUT2D eigenvalue weighted by atomic mass is 10.1. The van der Waals surface area contributed by atoms with E-state index in [9.17, 15) is 19.2 Å². The summed E-state index contributed by atoms with van der Waals surface area (Å²) < 4.78 is 4.64. The lowest BCUT2D eigenvalue weighted by Gasteiger charge is -2.02. The lowest BCUT2D eigenvalue weighted by molar-refractivity contribution is 0.0432. The van der Waals surface area contributed by atoms with Gasteiger partial charge in [0.2, 0.25) is 0 Å². The molecule has 0 radical (unpaired) electrons. The van der Waals surface area contributed by atoms with E-state index in [-0.39, 0.29) is 35.5 Å². The van der Waals surface area contributed by atoms with E-state index in [1.165, 1.54) is 42.5 Å². The van der Waals surface area contributed by atoms with Crippen LogP contribution in [0.3, 0.4) is 0 Å². The van der Waals surface area contributed by atoms with Crippen LogP contribution in [0.4, 0.5) is 0 Å². The Morgan fingerprint density at radius 3 is 1.56 bits per heavy atom. The molecule has 4 N–H and O–H groups in total. The van der Waals surface area contributed by atoms with Crippen molar-refractivity contribution in [3.8, 4) is 0 Å². The first kappa shape index (κ1) is 21.3. The number of esters is 1. The maximum atomic E-state index is 11.2. The largest absolute Gasteiger partial charge is 0.478 e. The Hall–Kier alpha value is -3.72. The number of hydrogen-bond donors (Lipinski definition) is 4. The average molecular weight is 376 g/mol. The number of rotatable bonds is 6. The molecule has 0 aliphatic rings. The van der Waals surface area contributed by atoms with Gasteiger partial charge in [0, 0.05) is 0 Å².